The fourth-order valence-electron chi connectivity index (χ4n) is 4.11. The van der Waals surface area contributed by atoms with E-state index in [1.165, 1.54) is 5.56 Å². The Kier molecular flexibility index (Phi) is 7.26. The molecule has 0 aliphatic rings. The molecule has 0 N–H and O–H groups in total. The molecule has 1 heterocycles. The molecule has 33 heavy (non-hydrogen) atoms. The van der Waals surface area contributed by atoms with E-state index in [0.717, 1.165) is 51.2 Å². The van der Waals surface area contributed by atoms with Crippen LogP contribution in [0.3, 0.4) is 0 Å². The predicted octanol–water partition coefficient (Wildman–Crippen LogP) is 7.41. The molecule has 0 spiro atoms. The number of Topliss-reactive ketones (excluding diaryl/α,β-unsaturated/α-hetero) is 1. The second-order valence-electron chi connectivity index (χ2n) is 8.64. The van der Waals surface area contributed by atoms with Crippen molar-refractivity contribution < 1.29 is 4.79 Å². The fraction of sp³-hybridized carbons (Fsp3) is 0.207. The van der Waals surface area contributed by atoms with Gasteiger partial charge < -0.3 is 9.47 Å². The van der Waals surface area contributed by atoms with Gasteiger partial charge in [-0.25, -0.2) is 0 Å². The van der Waals surface area contributed by atoms with Crippen LogP contribution in [0.2, 0.25) is 0 Å². The SMILES string of the molecule is Cc1ccccc1-n1c(-c2ccc(Br)cc2)ccc1-c1ccc(C(=O)CCCN(C)C)cc1. The number of ketones is 1. The molecule has 4 aromatic rings. The molecular weight excluding hydrogens is 472 g/mol. The molecule has 0 unspecified atom stereocenters. The van der Waals surface area contributed by atoms with Crippen molar-refractivity contribution in [1.29, 1.82) is 0 Å². The van der Waals surface area contributed by atoms with Gasteiger partial charge in [-0.2, -0.15) is 0 Å². The van der Waals surface area contributed by atoms with E-state index in [4.69, 9.17) is 0 Å². The Balaban J connectivity index is 1.71. The van der Waals surface area contributed by atoms with Crippen molar-refractivity contribution >= 4 is 21.7 Å². The first-order valence-electron chi connectivity index (χ1n) is 11.3. The van der Waals surface area contributed by atoms with Gasteiger partial charge in [-0.1, -0.05) is 70.5 Å². The number of hydrogen-bond donors (Lipinski definition) is 0. The largest absolute Gasteiger partial charge is 0.309 e. The smallest absolute Gasteiger partial charge is 0.162 e. The number of nitrogens with zero attached hydrogens (tertiary/aromatic N) is 2. The molecule has 0 atom stereocenters. The highest BCUT2D eigenvalue weighted by atomic mass is 79.9. The number of rotatable bonds is 8. The average molecular weight is 501 g/mol. The third kappa shape index (κ3) is 5.35. The number of halogens is 1. The minimum atomic E-state index is 0.202. The van der Waals surface area contributed by atoms with Crippen LogP contribution in [0.25, 0.3) is 28.2 Å². The molecule has 0 saturated carbocycles. The lowest BCUT2D eigenvalue weighted by Crippen LogP contribution is -2.14. The maximum atomic E-state index is 12.6. The summed E-state index contributed by atoms with van der Waals surface area (Å²) in [4.78, 5) is 14.7. The second-order valence-corrected chi connectivity index (χ2v) is 9.56. The summed E-state index contributed by atoms with van der Waals surface area (Å²) in [6.07, 6.45) is 1.45. The summed E-state index contributed by atoms with van der Waals surface area (Å²) in [5.74, 6) is 0.202. The highest BCUT2D eigenvalue weighted by Crippen LogP contribution is 2.34. The molecule has 3 nitrogen and oxygen atoms in total. The van der Waals surface area contributed by atoms with E-state index in [1.54, 1.807) is 0 Å². The molecule has 0 amide bonds. The highest BCUT2D eigenvalue weighted by Gasteiger charge is 2.15. The maximum Gasteiger partial charge on any atom is 0.162 e. The predicted molar refractivity (Wildman–Crippen MR) is 141 cm³/mol. The van der Waals surface area contributed by atoms with E-state index < -0.39 is 0 Å². The van der Waals surface area contributed by atoms with E-state index in [1.807, 2.05) is 26.2 Å². The summed E-state index contributed by atoms with van der Waals surface area (Å²) in [6, 6.07) is 29.2. The monoisotopic (exact) mass is 500 g/mol. The average Bonchev–Trinajstić information content (AvgIpc) is 3.24. The quantitative estimate of drug-likeness (QED) is 0.235. The first kappa shape index (κ1) is 23.2. The lowest BCUT2D eigenvalue weighted by atomic mass is 10.0. The molecule has 3 aromatic carbocycles. The van der Waals surface area contributed by atoms with Crippen LogP contribution in [-0.4, -0.2) is 35.9 Å². The van der Waals surface area contributed by atoms with Crippen molar-refractivity contribution in [2.24, 2.45) is 0 Å². The molecule has 1 aromatic heterocycles. The first-order chi connectivity index (χ1) is 15.9. The van der Waals surface area contributed by atoms with Gasteiger partial charge in [0.25, 0.3) is 0 Å². The normalized spacial score (nSPS) is 11.2. The Morgan fingerprint density at radius 3 is 1.97 bits per heavy atom. The Labute approximate surface area is 204 Å². The zero-order chi connectivity index (χ0) is 23.4. The zero-order valence-electron chi connectivity index (χ0n) is 19.4. The Hall–Kier alpha value is -2.95. The third-order valence-electron chi connectivity index (χ3n) is 5.89. The number of benzene rings is 3. The minimum Gasteiger partial charge on any atom is -0.309 e. The van der Waals surface area contributed by atoms with Crippen LogP contribution in [0.5, 0.6) is 0 Å². The summed E-state index contributed by atoms with van der Waals surface area (Å²) in [5.41, 5.74) is 7.62. The van der Waals surface area contributed by atoms with E-state index in [9.17, 15) is 4.79 Å². The molecule has 0 aliphatic carbocycles. The first-order valence-corrected chi connectivity index (χ1v) is 12.1. The van der Waals surface area contributed by atoms with E-state index in [0.29, 0.717) is 6.42 Å². The Bertz CT molecular complexity index is 1240. The van der Waals surface area contributed by atoms with Crippen molar-refractivity contribution in [3.63, 3.8) is 0 Å². The number of para-hydroxylation sites is 1. The summed E-state index contributed by atoms with van der Waals surface area (Å²) < 4.78 is 3.37. The molecule has 0 saturated heterocycles. The van der Waals surface area contributed by atoms with Gasteiger partial charge >= 0.3 is 0 Å². The van der Waals surface area contributed by atoms with E-state index in [-0.39, 0.29) is 5.78 Å². The number of hydrogen-bond acceptors (Lipinski definition) is 2. The van der Waals surface area contributed by atoms with Gasteiger partial charge in [0, 0.05) is 22.1 Å². The Morgan fingerprint density at radius 1 is 0.818 bits per heavy atom. The summed E-state index contributed by atoms with van der Waals surface area (Å²) in [7, 11) is 4.07. The van der Waals surface area contributed by atoms with Crippen LogP contribution in [0.1, 0.15) is 28.8 Å². The Morgan fingerprint density at radius 2 is 1.39 bits per heavy atom. The van der Waals surface area contributed by atoms with Gasteiger partial charge in [-0.15, -0.1) is 0 Å². The van der Waals surface area contributed by atoms with Crippen LogP contribution < -0.4 is 0 Å². The number of carbonyl (C=O) groups is 1. The standard InChI is InChI=1S/C29H29BrN2O/c1-21-7-4-5-8-26(21)32-27(18-19-28(32)23-14-16-25(30)17-15-23)22-10-12-24(13-11-22)29(33)9-6-20-31(2)3/h4-5,7-8,10-19H,6,9,20H2,1-3H3. The van der Waals surface area contributed by atoms with Crippen LogP contribution in [0, 0.1) is 6.92 Å². The molecular formula is C29H29BrN2O. The maximum absolute atomic E-state index is 12.6. The van der Waals surface area contributed by atoms with Crippen molar-refractivity contribution in [2.75, 3.05) is 20.6 Å². The van der Waals surface area contributed by atoms with Crippen LogP contribution in [0.4, 0.5) is 0 Å². The molecule has 0 radical (unpaired) electrons. The molecule has 0 fully saturated rings. The molecule has 0 aliphatic heterocycles. The summed E-state index contributed by atoms with van der Waals surface area (Å²) in [5, 5.41) is 0. The van der Waals surface area contributed by atoms with Gasteiger partial charge in [0.2, 0.25) is 0 Å². The number of aromatic nitrogens is 1. The van der Waals surface area contributed by atoms with Crippen LogP contribution in [0.15, 0.2) is 89.4 Å². The van der Waals surface area contributed by atoms with Crippen LogP contribution >= 0.6 is 15.9 Å². The summed E-state index contributed by atoms with van der Waals surface area (Å²) in [6.45, 7) is 3.06. The molecule has 0 bridgehead atoms. The second kappa shape index (κ2) is 10.3. The van der Waals surface area contributed by atoms with Gasteiger partial charge in [-0.05, 0) is 81.0 Å². The zero-order valence-corrected chi connectivity index (χ0v) is 21.0. The van der Waals surface area contributed by atoms with E-state index >= 15 is 0 Å². The van der Waals surface area contributed by atoms with Gasteiger partial charge in [-0.3, -0.25) is 4.79 Å². The van der Waals surface area contributed by atoms with Gasteiger partial charge in [0.1, 0.15) is 0 Å². The van der Waals surface area contributed by atoms with Gasteiger partial charge in [0.05, 0.1) is 11.4 Å². The van der Waals surface area contributed by atoms with E-state index in [2.05, 4.69) is 105 Å². The van der Waals surface area contributed by atoms with Crippen LogP contribution in [-0.2, 0) is 0 Å². The molecule has 4 heteroatoms. The van der Waals surface area contributed by atoms with Crippen molar-refractivity contribution in [3.8, 4) is 28.2 Å². The summed E-state index contributed by atoms with van der Waals surface area (Å²) >= 11 is 3.54. The van der Waals surface area contributed by atoms with Crippen molar-refractivity contribution in [3.05, 3.63) is 101 Å². The highest BCUT2D eigenvalue weighted by molar-refractivity contribution is 9.10. The fourth-order valence-corrected chi connectivity index (χ4v) is 4.37. The molecule has 168 valence electrons. The third-order valence-corrected chi connectivity index (χ3v) is 6.42. The number of aryl methyl sites for hydroxylation is 1. The van der Waals surface area contributed by atoms with Crippen molar-refractivity contribution in [1.82, 2.24) is 9.47 Å². The topological polar surface area (TPSA) is 25.2 Å². The van der Waals surface area contributed by atoms with Crippen molar-refractivity contribution in [2.45, 2.75) is 19.8 Å². The lowest BCUT2D eigenvalue weighted by molar-refractivity contribution is 0.0977. The number of carbonyl (C=O) groups excluding carboxylic acids is 1. The molecule has 4 rings (SSSR count). The lowest BCUT2D eigenvalue weighted by Gasteiger charge is -2.17. The van der Waals surface area contributed by atoms with Gasteiger partial charge in [0.15, 0.2) is 5.78 Å². The minimum absolute atomic E-state index is 0.202.